The van der Waals surface area contributed by atoms with E-state index < -0.39 is 0 Å². The van der Waals surface area contributed by atoms with Crippen molar-refractivity contribution in [3.63, 3.8) is 0 Å². The van der Waals surface area contributed by atoms with Crippen LogP contribution in [0.1, 0.15) is 38.5 Å². The number of nitrogens with zero attached hydrogens (tertiary/aromatic N) is 4. The summed E-state index contributed by atoms with van der Waals surface area (Å²) in [6, 6.07) is 1.88. The maximum Gasteiger partial charge on any atom is 0.234 e. The molecule has 108 valence electrons. The molecule has 2 aromatic rings. The summed E-state index contributed by atoms with van der Waals surface area (Å²) < 4.78 is 7.24. The van der Waals surface area contributed by atoms with Crippen molar-refractivity contribution in [2.24, 2.45) is 18.7 Å². The highest BCUT2D eigenvalue weighted by Gasteiger charge is 2.39. The Kier molecular flexibility index (Phi) is 3.33. The zero-order valence-corrected chi connectivity index (χ0v) is 12.0. The highest BCUT2D eigenvalue weighted by molar-refractivity contribution is 5.47. The molecule has 0 aromatic carbocycles. The van der Waals surface area contributed by atoms with Gasteiger partial charge in [-0.05, 0) is 37.7 Å². The molecule has 2 aromatic heterocycles. The van der Waals surface area contributed by atoms with Crippen molar-refractivity contribution in [2.45, 2.75) is 38.0 Å². The summed E-state index contributed by atoms with van der Waals surface area (Å²) in [5.41, 5.74) is 6.61. The maximum atomic E-state index is 6.02. The van der Waals surface area contributed by atoms with Crippen LogP contribution in [0.3, 0.4) is 0 Å². The Labute approximate surface area is 118 Å². The molecule has 2 heterocycles. The van der Waals surface area contributed by atoms with E-state index in [1.54, 1.807) is 4.68 Å². The predicted octanol–water partition coefficient (Wildman–Crippen LogP) is 1.88. The van der Waals surface area contributed by atoms with Crippen LogP contribution in [0.2, 0.25) is 0 Å². The Morgan fingerprint density at radius 2 is 2.20 bits per heavy atom. The van der Waals surface area contributed by atoms with Crippen molar-refractivity contribution in [3.05, 3.63) is 18.2 Å². The van der Waals surface area contributed by atoms with Gasteiger partial charge in [-0.1, -0.05) is 12.1 Å². The van der Waals surface area contributed by atoms with Crippen LogP contribution in [-0.4, -0.2) is 26.5 Å². The van der Waals surface area contributed by atoms with Gasteiger partial charge in [0.05, 0.1) is 5.41 Å². The second kappa shape index (κ2) is 5.01. The molecular weight excluding hydrogens is 254 g/mol. The first kappa shape index (κ1) is 13.3. The third-order valence-electron chi connectivity index (χ3n) is 4.44. The van der Waals surface area contributed by atoms with E-state index in [1.165, 1.54) is 12.8 Å². The summed E-state index contributed by atoms with van der Waals surface area (Å²) in [5, 5.41) is 8.37. The number of nitrogens with two attached hydrogens (primary N) is 1. The van der Waals surface area contributed by atoms with Crippen LogP contribution in [0.15, 0.2) is 16.8 Å². The summed E-state index contributed by atoms with van der Waals surface area (Å²) >= 11 is 0. The largest absolute Gasteiger partial charge is 0.338 e. The quantitative estimate of drug-likeness (QED) is 0.924. The zero-order chi connectivity index (χ0) is 14.2. The number of rotatable bonds is 3. The molecule has 1 fully saturated rings. The van der Waals surface area contributed by atoms with Gasteiger partial charge in [-0.3, -0.25) is 4.68 Å². The average Bonchev–Trinajstić information content (AvgIpc) is 3.09. The lowest BCUT2D eigenvalue weighted by Crippen LogP contribution is -2.39. The molecule has 0 saturated heterocycles. The van der Waals surface area contributed by atoms with E-state index in [2.05, 4.69) is 22.2 Å². The minimum Gasteiger partial charge on any atom is -0.338 e. The fraction of sp³-hybridized carbons (Fsp3) is 0.643. The number of hydrogen-bond acceptors (Lipinski definition) is 5. The molecule has 0 amide bonds. The lowest BCUT2D eigenvalue weighted by molar-refractivity contribution is 0.191. The summed E-state index contributed by atoms with van der Waals surface area (Å²) in [5.74, 6) is 1.98. The van der Waals surface area contributed by atoms with Crippen LogP contribution in [0.25, 0.3) is 11.5 Å². The molecule has 0 atom stereocenters. The molecule has 0 unspecified atom stereocenters. The Morgan fingerprint density at radius 3 is 2.80 bits per heavy atom. The molecule has 0 aliphatic heterocycles. The standard InChI is InChI=1S/C14H21N5O/c1-10-3-6-14(9-15,7-4-10)13-16-12(18-20-13)11-5-8-19(2)17-11/h5,8,10H,3-4,6-7,9,15H2,1-2H3. The van der Waals surface area contributed by atoms with Crippen LogP contribution in [-0.2, 0) is 12.5 Å². The SMILES string of the molecule is CC1CCC(CN)(c2nc(-c3ccn(C)n3)no2)CC1. The Bertz CT molecular complexity index is 580. The Balaban J connectivity index is 1.88. The Morgan fingerprint density at radius 1 is 1.45 bits per heavy atom. The molecular formula is C14H21N5O. The fourth-order valence-electron chi connectivity index (χ4n) is 2.90. The van der Waals surface area contributed by atoms with E-state index in [0.29, 0.717) is 18.3 Å². The van der Waals surface area contributed by atoms with Gasteiger partial charge >= 0.3 is 0 Å². The van der Waals surface area contributed by atoms with Gasteiger partial charge in [0.25, 0.3) is 0 Å². The van der Waals surface area contributed by atoms with Crippen LogP contribution in [0.5, 0.6) is 0 Å². The molecule has 0 radical (unpaired) electrons. The van der Waals surface area contributed by atoms with Gasteiger partial charge in [-0.15, -0.1) is 0 Å². The molecule has 3 rings (SSSR count). The molecule has 2 N–H and O–H groups in total. The summed E-state index contributed by atoms with van der Waals surface area (Å²) in [6.07, 6.45) is 6.24. The van der Waals surface area contributed by atoms with Gasteiger partial charge in [0.2, 0.25) is 11.7 Å². The minimum atomic E-state index is -0.146. The van der Waals surface area contributed by atoms with E-state index >= 15 is 0 Å². The van der Waals surface area contributed by atoms with Gasteiger partial charge in [0.15, 0.2) is 0 Å². The minimum absolute atomic E-state index is 0.146. The van der Waals surface area contributed by atoms with Crippen molar-refractivity contribution < 1.29 is 4.52 Å². The van der Waals surface area contributed by atoms with Gasteiger partial charge in [-0.25, -0.2) is 0 Å². The second-order valence-electron chi connectivity index (χ2n) is 5.96. The first-order valence-corrected chi connectivity index (χ1v) is 7.17. The lowest BCUT2D eigenvalue weighted by atomic mass is 9.71. The van der Waals surface area contributed by atoms with Crippen LogP contribution in [0.4, 0.5) is 0 Å². The molecule has 0 spiro atoms. The number of aryl methyl sites for hydroxylation is 1. The molecule has 0 bridgehead atoms. The van der Waals surface area contributed by atoms with Crippen molar-refractivity contribution in [1.29, 1.82) is 0 Å². The van der Waals surface area contributed by atoms with E-state index in [1.807, 2.05) is 19.3 Å². The van der Waals surface area contributed by atoms with Gasteiger partial charge in [0, 0.05) is 19.8 Å². The van der Waals surface area contributed by atoms with E-state index in [4.69, 9.17) is 10.3 Å². The maximum absolute atomic E-state index is 6.02. The molecule has 1 aliphatic carbocycles. The van der Waals surface area contributed by atoms with Gasteiger partial charge in [-0.2, -0.15) is 10.1 Å². The third kappa shape index (κ3) is 2.24. The van der Waals surface area contributed by atoms with Gasteiger partial charge < -0.3 is 10.3 Å². The first-order valence-electron chi connectivity index (χ1n) is 7.17. The van der Waals surface area contributed by atoms with E-state index in [9.17, 15) is 0 Å². The monoisotopic (exact) mass is 275 g/mol. The first-order chi connectivity index (χ1) is 9.63. The van der Waals surface area contributed by atoms with Crippen molar-refractivity contribution in [1.82, 2.24) is 19.9 Å². The van der Waals surface area contributed by atoms with Crippen LogP contribution < -0.4 is 5.73 Å². The lowest BCUT2D eigenvalue weighted by Gasteiger charge is -2.35. The smallest absolute Gasteiger partial charge is 0.234 e. The third-order valence-corrected chi connectivity index (χ3v) is 4.44. The normalized spacial score (nSPS) is 26.9. The van der Waals surface area contributed by atoms with Crippen LogP contribution in [0, 0.1) is 5.92 Å². The van der Waals surface area contributed by atoms with Crippen molar-refractivity contribution in [2.75, 3.05) is 6.54 Å². The molecule has 6 heteroatoms. The topological polar surface area (TPSA) is 82.8 Å². The molecule has 1 aliphatic rings. The zero-order valence-electron chi connectivity index (χ0n) is 12.0. The molecule has 1 saturated carbocycles. The van der Waals surface area contributed by atoms with Crippen LogP contribution >= 0.6 is 0 Å². The summed E-state index contributed by atoms with van der Waals surface area (Å²) in [4.78, 5) is 4.55. The summed E-state index contributed by atoms with van der Waals surface area (Å²) in [6.45, 7) is 2.84. The highest BCUT2D eigenvalue weighted by atomic mass is 16.5. The van der Waals surface area contributed by atoms with E-state index in [0.717, 1.165) is 24.5 Å². The predicted molar refractivity (Wildman–Crippen MR) is 74.9 cm³/mol. The number of hydrogen-bond donors (Lipinski definition) is 1. The molecule has 6 nitrogen and oxygen atoms in total. The summed E-state index contributed by atoms with van der Waals surface area (Å²) in [7, 11) is 1.87. The fourth-order valence-corrected chi connectivity index (χ4v) is 2.90. The van der Waals surface area contributed by atoms with Gasteiger partial charge in [0.1, 0.15) is 5.69 Å². The van der Waals surface area contributed by atoms with Crippen molar-refractivity contribution >= 4 is 0 Å². The highest BCUT2D eigenvalue weighted by Crippen LogP contribution is 2.40. The van der Waals surface area contributed by atoms with E-state index in [-0.39, 0.29) is 5.41 Å². The molecule has 20 heavy (non-hydrogen) atoms. The second-order valence-corrected chi connectivity index (χ2v) is 5.96. The average molecular weight is 275 g/mol. The Hall–Kier alpha value is -1.69. The number of aromatic nitrogens is 4. The van der Waals surface area contributed by atoms with Crippen molar-refractivity contribution in [3.8, 4) is 11.5 Å².